The number of nitrogens with one attached hydrogen (secondary N) is 1. The Morgan fingerprint density at radius 3 is 2.62 bits per heavy atom. The molecule has 3 heterocycles. The number of ketones is 1. The standard InChI is InChI=1S/C26H28N4O2/c31-24(22-12-10-20-11-13-25(32)28-26(20)27-22)9-4-14-29-15-17-30(18-16-29)23-8-3-6-19-5-1-2-7-21(19)23/h1-3,5-8,10,12H,4,9,11,13-18H2,(H,27,28,32). The fourth-order valence-corrected chi connectivity index (χ4v) is 4.68. The first-order chi connectivity index (χ1) is 15.7. The van der Waals surface area contributed by atoms with Crippen LogP contribution in [0.25, 0.3) is 10.8 Å². The van der Waals surface area contributed by atoms with E-state index >= 15 is 0 Å². The Morgan fingerprint density at radius 1 is 0.938 bits per heavy atom. The van der Waals surface area contributed by atoms with E-state index < -0.39 is 0 Å². The molecule has 0 spiro atoms. The summed E-state index contributed by atoms with van der Waals surface area (Å²) in [7, 11) is 0. The topological polar surface area (TPSA) is 65.5 Å². The Hall–Kier alpha value is -3.25. The van der Waals surface area contributed by atoms with Gasteiger partial charge in [0.05, 0.1) is 0 Å². The lowest BCUT2D eigenvalue weighted by molar-refractivity contribution is -0.116. The number of rotatable bonds is 6. The van der Waals surface area contributed by atoms with E-state index in [4.69, 9.17) is 0 Å². The minimum Gasteiger partial charge on any atom is -0.368 e. The highest BCUT2D eigenvalue weighted by Gasteiger charge is 2.20. The molecule has 2 aromatic carbocycles. The van der Waals surface area contributed by atoms with Crippen LogP contribution in [0.4, 0.5) is 11.5 Å². The van der Waals surface area contributed by atoms with E-state index in [9.17, 15) is 9.59 Å². The Labute approximate surface area is 188 Å². The number of pyridine rings is 1. The molecular formula is C26H28N4O2. The summed E-state index contributed by atoms with van der Waals surface area (Å²) in [5, 5.41) is 5.36. The summed E-state index contributed by atoms with van der Waals surface area (Å²) in [4.78, 5) is 33.5. The predicted octanol–water partition coefficient (Wildman–Crippen LogP) is 3.90. The number of hydrogen-bond donors (Lipinski definition) is 1. The van der Waals surface area contributed by atoms with Crippen molar-refractivity contribution in [2.24, 2.45) is 0 Å². The van der Waals surface area contributed by atoms with E-state index in [2.05, 4.69) is 62.6 Å². The molecule has 0 saturated carbocycles. The van der Waals surface area contributed by atoms with Crippen molar-refractivity contribution in [3.8, 4) is 0 Å². The molecule has 2 aliphatic heterocycles. The molecule has 5 rings (SSSR count). The molecule has 3 aromatic rings. The van der Waals surface area contributed by atoms with Crippen molar-refractivity contribution in [1.29, 1.82) is 0 Å². The van der Waals surface area contributed by atoms with Gasteiger partial charge in [-0.25, -0.2) is 4.98 Å². The van der Waals surface area contributed by atoms with Gasteiger partial charge in [0.25, 0.3) is 0 Å². The summed E-state index contributed by atoms with van der Waals surface area (Å²) in [6, 6.07) is 18.8. The van der Waals surface area contributed by atoms with Gasteiger partial charge in [0.1, 0.15) is 11.5 Å². The molecule has 0 radical (unpaired) electrons. The summed E-state index contributed by atoms with van der Waals surface area (Å²) >= 11 is 0. The van der Waals surface area contributed by atoms with Crippen molar-refractivity contribution in [2.45, 2.75) is 25.7 Å². The number of piperazine rings is 1. The second kappa shape index (κ2) is 9.09. The number of benzene rings is 2. The fourth-order valence-electron chi connectivity index (χ4n) is 4.68. The average Bonchev–Trinajstić information content (AvgIpc) is 2.83. The van der Waals surface area contributed by atoms with Gasteiger partial charge in [-0.2, -0.15) is 0 Å². The number of carbonyl (C=O) groups excluding carboxylic acids is 2. The molecule has 6 nitrogen and oxygen atoms in total. The smallest absolute Gasteiger partial charge is 0.225 e. The van der Waals surface area contributed by atoms with Gasteiger partial charge in [-0.15, -0.1) is 0 Å². The van der Waals surface area contributed by atoms with Gasteiger partial charge in [0.2, 0.25) is 5.91 Å². The number of amides is 1. The fraction of sp³-hybridized carbons (Fsp3) is 0.346. The number of hydrogen-bond acceptors (Lipinski definition) is 5. The van der Waals surface area contributed by atoms with E-state index in [0.717, 1.165) is 44.7 Å². The van der Waals surface area contributed by atoms with Crippen molar-refractivity contribution in [3.05, 3.63) is 65.9 Å². The van der Waals surface area contributed by atoms with Gasteiger partial charge in [0.15, 0.2) is 5.78 Å². The van der Waals surface area contributed by atoms with E-state index in [-0.39, 0.29) is 11.7 Å². The Kier molecular flexibility index (Phi) is 5.86. The minimum atomic E-state index is -0.0303. The molecule has 6 heteroatoms. The van der Waals surface area contributed by atoms with Crippen LogP contribution in [0.15, 0.2) is 54.6 Å². The van der Waals surface area contributed by atoms with Crippen molar-refractivity contribution < 1.29 is 9.59 Å². The van der Waals surface area contributed by atoms with Crippen LogP contribution >= 0.6 is 0 Å². The van der Waals surface area contributed by atoms with Gasteiger partial charge in [0, 0.05) is 50.1 Å². The molecule has 1 saturated heterocycles. The number of fused-ring (bicyclic) bond motifs is 2. The highest BCUT2D eigenvalue weighted by Crippen LogP contribution is 2.27. The SMILES string of the molecule is O=C1CCc2ccc(C(=O)CCCN3CCN(c4cccc5ccccc45)CC3)nc2N1. The maximum atomic E-state index is 12.6. The second-order valence-corrected chi connectivity index (χ2v) is 8.61. The minimum absolute atomic E-state index is 0.0303. The van der Waals surface area contributed by atoms with Crippen LogP contribution in [0.2, 0.25) is 0 Å². The highest BCUT2D eigenvalue weighted by molar-refractivity contribution is 5.97. The molecular weight excluding hydrogens is 400 g/mol. The lowest BCUT2D eigenvalue weighted by atomic mass is 10.0. The van der Waals surface area contributed by atoms with Crippen LogP contribution in [-0.4, -0.2) is 54.3 Å². The van der Waals surface area contributed by atoms with Gasteiger partial charge >= 0.3 is 0 Å². The first kappa shape index (κ1) is 20.6. The van der Waals surface area contributed by atoms with Crippen LogP contribution in [-0.2, 0) is 11.2 Å². The van der Waals surface area contributed by atoms with Crippen LogP contribution in [0.1, 0.15) is 35.3 Å². The molecule has 1 aromatic heterocycles. The van der Waals surface area contributed by atoms with Gasteiger partial charge < -0.3 is 10.2 Å². The first-order valence-corrected chi connectivity index (χ1v) is 11.5. The normalized spacial score (nSPS) is 16.6. The van der Waals surface area contributed by atoms with Crippen LogP contribution < -0.4 is 10.2 Å². The Morgan fingerprint density at radius 2 is 1.75 bits per heavy atom. The molecule has 1 fully saturated rings. The van der Waals surface area contributed by atoms with E-state index in [0.29, 0.717) is 30.8 Å². The zero-order valence-electron chi connectivity index (χ0n) is 18.2. The molecule has 0 aliphatic carbocycles. The largest absolute Gasteiger partial charge is 0.368 e. The maximum Gasteiger partial charge on any atom is 0.225 e. The molecule has 0 unspecified atom stereocenters. The monoisotopic (exact) mass is 428 g/mol. The molecule has 32 heavy (non-hydrogen) atoms. The van der Waals surface area contributed by atoms with Gasteiger partial charge in [-0.1, -0.05) is 42.5 Å². The molecule has 0 atom stereocenters. The van der Waals surface area contributed by atoms with E-state index in [1.165, 1.54) is 16.5 Å². The van der Waals surface area contributed by atoms with Crippen molar-refractivity contribution in [1.82, 2.24) is 9.88 Å². The van der Waals surface area contributed by atoms with Crippen molar-refractivity contribution in [3.63, 3.8) is 0 Å². The molecule has 0 bridgehead atoms. The number of Topliss-reactive ketones (excluding diaryl/α,β-unsaturated/α-hetero) is 1. The van der Waals surface area contributed by atoms with E-state index in [1.807, 2.05) is 6.07 Å². The number of aryl methyl sites for hydroxylation is 1. The molecule has 164 valence electrons. The third-order valence-electron chi connectivity index (χ3n) is 6.50. The third kappa shape index (κ3) is 4.36. The average molecular weight is 429 g/mol. The number of anilines is 2. The third-order valence-corrected chi connectivity index (χ3v) is 6.50. The number of aromatic nitrogens is 1. The van der Waals surface area contributed by atoms with Crippen molar-refractivity contribution >= 4 is 34.0 Å². The van der Waals surface area contributed by atoms with Crippen LogP contribution in [0.3, 0.4) is 0 Å². The molecule has 1 amide bonds. The first-order valence-electron chi connectivity index (χ1n) is 11.5. The van der Waals surface area contributed by atoms with Gasteiger partial charge in [-0.05, 0) is 42.5 Å². The predicted molar refractivity (Wildman–Crippen MR) is 127 cm³/mol. The van der Waals surface area contributed by atoms with Crippen LogP contribution in [0, 0.1) is 0 Å². The number of carbonyl (C=O) groups is 2. The van der Waals surface area contributed by atoms with Crippen LogP contribution in [0.5, 0.6) is 0 Å². The summed E-state index contributed by atoms with van der Waals surface area (Å²) in [5.41, 5.74) is 2.76. The second-order valence-electron chi connectivity index (χ2n) is 8.61. The van der Waals surface area contributed by atoms with Gasteiger partial charge in [-0.3, -0.25) is 14.5 Å². The Balaban J connectivity index is 1.12. The summed E-state index contributed by atoms with van der Waals surface area (Å²) < 4.78 is 0. The quantitative estimate of drug-likeness (QED) is 0.603. The molecule has 1 N–H and O–H groups in total. The zero-order valence-corrected chi connectivity index (χ0v) is 18.2. The zero-order chi connectivity index (χ0) is 21.9. The summed E-state index contributed by atoms with van der Waals surface area (Å²) in [6.45, 7) is 4.90. The Bertz CT molecular complexity index is 1150. The summed E-state index contributed by atoms with van der Waals surface area (Å²) in [5.74, 6) is 0.566. The van der Waals surface area contributed by atoms with Crippen molar-refractivity contribution in [2.75, 3.05) is 42.9 Å². The summed E-state index contributed by atoms with van der Waals surface area (Å²) in [6.07, 6.45) is 2.46. The van der Waals surface area contributed by atoms with E-state index in [1.54, 1.807) is 6.07 Å². The maximum absolute atomic E-state index is 12.6. The lowest BCUT2D eigenvalue weighted by Gasteiger charge is -2.36. The number of nitrogens with zero attached hydrogens (tertiary/aromatic N) is 3. The lowest BCUT2D eigenvalue weighted by Crippen LogP contribution is -2.46. The highest BCUT2D eigenvalue weighted by atomic mass is 16.1. The molecule has 2 aliphatic rings.